The molecule has 2 atom stereocenters. The van der Waals surface area contributed by atoms with Crippen LogP contribution in [0.3, 0.4) is 0 Å². The molecule has 0 saturated carbocycles. The van der Waals surface area contributed by atoms with Crippen molar-refractivity contribution in [3.8, 4) is 0 Å². The lowest BCUT2D eigenvalue weighted by Gasteiger charge is -2.21. The third-order valence-electron chi connectivity index (χ3n) is 5.63. The molecular formula is C28H34O2. The van der Waals surface area contributed by atoms with Crippen molar-refractivity contribution in [3.63, 3.8) is 0 Å². The first-order valence-corrected chi connectivity index (χ1v) is 11.0. The molecule has 3 aromatic rings. The minimum absolute atomic E-state index is 0.400. The van der Waals surface area contributed by atoms with E-state index in [1.807, 2.05) is 6.07 Å². The topological polar surface area (TPSA) is 18.5 Å². The van der Waals surface area contributed by atoms with E-state index >= 15 is 0 Å². The lowest BCUT2D eigenvalue weighted by Crippen LogP contribution is -2.14. The van der Waals surface area contributed by atoms with Crippen molar-refractivity contribution in [2.75, 3.05) is 13.2 Å². The molecule has 0 heterocycles. The van der Waals surface area contributed by atoms with Crippen molar-refractivity contribution in [2.45, 2.75) is 45.8 Å². The smallest absolute Gasteiger partial charge is 0.0717 e. The van der Waals surface area contributed by atoms with Crippen LogP contribution in [0.5, 0.6) is 0 Å². The maximum Gasteiger partial charge on any atom is 0.0717 e. The third-order valence-corrected chi connectivity index (χ3v) is 5.63. The molecule has 0 aliphatic heterocycles. The van der Waals surface area contributed by atoms with Crippen LogP contribution in [0.4, 0.5) is 0 Å². The molecule has 0 bridgehead atoms. The molecule has 0 aliphatic rings. The fourth-order valence-electron chi connectivity index (χ4n) is 3.64. The van der Waals surface area contributed by atoms with Gasteiger partial charge < -0.3 is 9.47 Å². The first-order chi connectivity index (χ1) is 14.6. The second-order valence-electron chi connectivity index (χ2n) is 8.42. The summed E-state index contributed by atoms with van der Waals surface area (Å²) in [6.45, 7) is 9.47. The predicted octanol–water partition coefficient (Wildman–Crippen LogP) is 6.96. The van der Waals surface area contributed by atoms with E-state index in [0.717, 1.165) is 13.2 Å². The Hall–Kier alpha value is -2.42. The fourth-order valence-corrected chi connectivity index (χ4v) is 3.64. The van der Waals surface area contributed by atoms with Gasteiger partial charge in [-0.15, -0.1) is 0 Å². The van der Waals surface area contributed by atoms with Crippen LogP contribution in [-0.4, -0.2) is 13.2 Å². The normalized spacial score (nSPS) is 13.3. The fraction of sp³-hybridized carbons (Fsp3) is 0.357. The summed E-state index contributed by atoms with van der Waals surface area (Å²) in [5, 5.41) is 0. The first kappa shape index (κ1) is 22.3. The van der Waals surface area contributed by atoms with E-state index < -0.39 is 0 Å². The van der Waals surface area contributed by atoms with Gasteiger partial charge in [-0.3, -0.25) is 0 Å². The van der Waals surface area contributed by atoms with Gasteiger partial charge >= 0.3 is 0 Å². The van der Waals surface area contributed by atoms with Crippen LogP contribution in [0.25, 0.3) is 0 Å². The highest BCUT2D eigenvalue weighted by Gasteiger charge is 2.15. The number of hydrogen-bond acceptors (Lipinski definition) is 2. The van der Waals surface area contributed by atoms with Crippen LogP contribution < -0.4 is 0 Å². The highest BCUT2D eigenvalue weighted by atomic mass is 16.5. The lowest BCUT2D eigenvalue weighted by atomic mass is 9.89. The third kappa shape index (κ3) is 6.83. The van der Waals surface area contributed by atoms with Gasteiger partial charge in [-0.05, 0) is 28.2 Å². The van der Waals surface area contributed by atoms with E-state index in [9.17, 15) is 0 Å². The number of hydrogen-bond donors (Lipinski definition) is 0. The minimum Gasteiger partial charge on any atom is -0.376 e. The Morgan fingerprint density at radius 3 is 1.53 bits per heavy atom. The summed E-state index contributed by atoms with van der Waals surface area (Å²) in [6.07, 6.45) is 0. The quantitative estimate of drug-likeness (QED) is 0.345. The molecule has 2 heteroatoms. The summed E-state index contributed by atoms with van der Waals surface area (Å²) < 4.78 is 12.0. The average Bonchev–Trinajstić information content (AvgIpc) is 2.78. The molecule has 0 spiro atoms. The van der Waals surface area contributed by atoms with E-state index in [1.165, 1.54) is 22.3 Å². The Bertz CT molecular complexity index is 841. The van der Waals surface area contributed by atoms with Gasteiger partial charge in [-0.2, -0.15) is 0 Å². The molecule has 3 rings (SSSR count). The summed E-state index contributed by atoms with van der Waals surface area (Å²) in [6, 6.07) is 29.8. The van der Waals surface area contributed by atoms with Gasteiger partial charge in [0.05, 0.1) is 26.4 Å². The predicted molar refractivity (Wildman–Crippen MR) is 125 cm³/mol. The molecule has 0 radical (unpaired) electrons. The van der Waals surface area contributed by atoms with Crippen LogP contribution in [-0.2, 0) is 22.7 Å². The molecule has 3 aromatic carbocycles. The zero-order valence-electron chi connectivity index (χ0n) is 18.5. The highest BCUT2D eigenvalue weighted by Crippen LogP contribution is 2.25. The second kappa shape index (κ2) is 11.7. The lowest BCUT2D eigenvalue weighted by molar-refractivity contribution is 0.0956. The van der Waals surface area contributed by atoms with E-state index in [2.05, 4.69) is 99.6 Å². The average molecular weight is 403 g/mol. The Balaban J connectivity index is 1.42. The van der Waals surface area contributed by atoms with Crippen LogP contribution in [0.2, 0.25) is 0 Å². The van der Waals surface area contributed by atoms with Gasteiger partial charge in [-0.1, -0.05) is 106 Å². The zero-order valence-corrected chi connectivity index (χ0v) is 18.5. The van der Waals surface area contributed by atoms with Gasteiger partial charge in [0.15, 0.2) is 0 Å². The van der Waals surface area contributed by atoms with E-state index in [0.29, 0.717) is 31.0 Å². The van der Waals surface area contributed by atoms with E-state index in [1.54, 1.807) is 0 Å². The van der Waals surface area contributed by atoms with Crippen molar-refractivity contribution in [3.05, 3.63) is 107 Å². The van der Waals surface area contributed by atoms with Gasteiger partial charge in [-0.25, -0.2) is 0 Å². The SMILES string of the molecule is CC(C)[C@H](COCc1ccc(COC[C@@H](C)c2ccccc2)cc1)c1ccccc1. The number of rotatable bonds is 11. The van der Waals surface area contributed by atoms with Crippen molar-refractivity contribution >= 4 is 0 Å². The van der Waals surface area contributed by atoms with E-state index in [-0.39, 0.29) is 0 Å². The molecule has 158 valence electrons. The highest BCUT2D eigenvalue weighted by molar-refractivity contribution is 5.23. The molecule has 0 aliphatic carbocycles. The second-order valence-corrected chi connectivity index (χ2v) is 8.42. The van der Waals surface area contributed by atoms with Crippen molar-refractivity contribution in [2.24, 2.45) is 5.92 Å². The minimum atomic E-state index is 0.400. The standard InChI is InChI=1S/C28H34O2/c1-22(2)28(27-12-8-5-9-13-27)21-30-20-25-16-14-24(15-17-25)19-29-18-23(3)26-10-6-4-7-11-26/h4-17,22-23,28H,18-21H2,1-3H3/t23-,28+/m1/s1. The molecule has 0 aromatic heterocycles. The number of benzene rings is 3. The van der Waals surface area contributed by atoms with Crippen molar-refractivity contribution in [1.29, 1.82) is 0 Å². The summed E-state index contributed by atoms with van der Waals surface area (Å²) in [4.78, 5) is 0. The first-order valence-electron chi connectivity index (χ1n) is 11.0. The van der Waals surface area contributed by atoms with Crippen molar-refractivity contribution < 1.29 is 9.47 Å². The maximum absolute atomic E-state index is 6.07. The summed E-state index contributed by atoms with van der Waals surface area (Å²) >= 11 is 0. The molecule has 2 nitrogen and oxygen atoms in total. The van der Waals surface area contributed by atoms with Gasteiger partial charge in [0.1, 0.15) is 0 Å². The molecule has 0 unspecified atom stereocenters. The van der Waals surface area contributed by atoms with Gasteiger partial charge in [0.25, 0.3) is 0 Å². The molecule has 0 saturated heterocycles. The van der Waals surface area contributed by atoms with Crippen LogP contribution in [0.15, 0.2) is 84.9 Å². The zero-order chi connectivity index (χ0) is 21.2. The Morgan fingerprint density at radius 2 is 1.03 bits per heavy atom. The molecule has 0 N–H and O–H groups in total. The Morgan fingerprint density at radius 1 is 0.567 bits per heavy atom. The van der Waals surface area contributed by atoms with Gasteiger partial charge in [0, 0.05) is 11.8 Å². The monoisotopic (exact) mass is 402 g/mol. The maximum atomic E-state index is 6.07. The van der Waals surface area contributed by atoms with E-state index in [4.69, 9.17) is 9.47 Å². The van der Waals surface area contributed by atoms with Crippen LogP contribution in [0, 0.1) is 5.92 Å². The largest absolute Gasteiger partial charge is 0.376 e. The molecular weight excluding hydrogens is 368 g/mol. The number of ether oxygens (including phenoxy) is 2. The summed E-state index contributed by atoms with van der Waals surface area (Å²) in [5.41, 5.74) is 5.07. The van der Waals surface area contributed by atoms with Gasteiger partial charge in [0.2, 0.25) is 0 Å². The molecule has 0 fully saturated rings. The van der Waals surface area contributed by atoms with Crippen molar-refractivity contribution in [1.82, 2.24) is 0 Å². The summed E-state index contributed by atoms with van der Waals surface area (Å²) in [7, 11) is 0. The Kier molecular flexibility index (Phi) is 8.67. The van der Waals surface area contributed by atoms with Crippen LogP contribution >= 0.6 is 0 Å². The molecule has 0 amide bonds. The Labute approximate surface area is 181 Å². The summed E-state index contributed by atoms with van der Waals surface area (Å²) in [5.74, 6) is 1.37. The van der Waals surface area contributed by atoms with Crippen LogP contribution in [0.1, 0.15) is 54.9 Å². The molecule has 30 heavy (non-hydrogen) atoms.